The van der Waals surface area contributed by atoms with Crippen LogP contribution in [0.3, 0.4) is 0 Å². The van der Waals surface area contributed by atoms with Gasteiger partial charge in [-0.25, -0.2) is 0 Å². The highest BCUT2D eigenvalue weighted by Gasteiger charge is 2.60. The van der Waals surface area contributed by atoms with Crippen LogP contribution in [0.1, 0.15) is 126 Å². The molecule has 3 N–H and O–H groups in total. The number of aliphatic carboxylic acids is 1. The zero-order valence-electron chi connectivity index (χ0n) is 39.6. The Bertz CT molecular complexity index is 2060. The number of Topliss-reactive ketones (excluding diaryl/α,β-unsaturated/α-hetero) is 1. The lowest BCUT2D eigenvalue weighted by atomic mass is 9.74. The molecular formula is C50H74NO12S+. The summed E-state index contributed by atoms with van der Waals surface area (Å²) in [5, 5.41) is 32.9. The van der Waals surface area contributed by atoms with E-state index in [-0.39, 0.29) is 34.0 Å². The predicted octanol–water partition coefficient (Wildman–Crippen LogP) is 8.25. The Balaban J connectivity index is 1.28. The lowest BCUT2D eigenvalue weighted by Crippen LogP contribution is -2.56. The number of nitrogens with zero attached hydrogens (tertiary/aromatic N) is 1. The molecule has 64 heavy (non-hydrogen) atoms. The molecule has 1 aromatic rings. The van der Waals surface area contributed by atoms with Gasteiger partial charge in [-0.15, -0.1) is 8.42 Å². The van der Waals surface area contributed by atoms with Gasteiger partial charge in [-0.1, -0.05) is 78.8 Å². The second-order valence-corrected chi connectivity index (χ2v) is 21.7. The summed E-state index contributed by atoms with van der Waals surface area (Å²) in [4.78, 5) is 26.7. The largest absolute Gasteiger partial charge is 0.510 e. The Morgan fingerprint density at radius 2 is 1.62 bits per heavy atom. The summed E-state index contributed by atoms with van der Waals surface area (Å²) in [6.07, 6.45) is 3.84. The minimum Gasteiger partial charge on any atom is -0.481 e. The molecular weight excluding hydrogens is 839 g/mol. The van der Waals surface area contributed by atoms with Crippen LogP contribution in [-0.4, -0.2) is 95.4 Å². The maximum absolute atomic E-state index is 14.6. The summed E-state index contributed by atoms with van der Waals surface area (Å²) in [5.41, 5.74) is -0.875. The summed E-state index contributed by atoms with van der Waals surface area (Å²) < 4.78 is 65.1. The number of hydrogen-bond acceptors (Lipinski definition) is 11. The van der Waals surface area contributed by atoms with Gasteiger partial charge in [-0.3, -0.25) is 9.59 Å². The lowest BCUT2D eigenvalue weighted by Gasteiger charge is -2.49. The summed E-state index contributed by atoms with van der Waals surface area (Å²) in [7, 11) is -4.10. The molecule has 1 spiro atoms. The molecule has 0 amide bonds. The molecule has 0 aromatic heterocycles. The molecule has 5 heterocycles. The van der Waals surface area contributed by atoms with Crippen LogP contribution in [0.15, 0.2) is 53.5 Å². The number of benzene rings is 1. The van der Waals surface area contributed by atoms with Crippen molar-refractivity contribution in [1.29, 1.82) is 0 Å². The highest BCUT2D eigenvalue weighted by Crippen LogP contribution is 2.52. The van der Waals surface area contributed by atoms with E-state index >= 15 is 0 Å². The van der Waals surface area contributed by atoms with Crippen molar-refractivity contribution in [2.24, 2.45) is 47.3 Å². The molecule has 356 valence electrons. The van der Waals surface area contributed by atoms with E-state index in [1.54, 1.807) is 12.1 Å². The number of carbonyl (C=O) groups excluding carboxylic acids is 1. The number of aryl methyl sites for hydroxylation is 1. The van der Waals surface area contributed by atoms with Gasteiger partial charge in [-0.05, 0) is 109 Å². The molecule has 5 aliphatic rings. The quantitative estimate of drug-likeness (QED) is 0.128. The second kappa shape index (κ2) is 19.7. The average Bonchev–Trinajstić information content (AvgIpc) is 3.52. The van der Waals surface area contributed by atoms with Gasteiger partial charge in [0.1, 0.15) is 5.92 Å². The third-order valence-electron chi connectivity index (χ3n) is 15.7. The lowest BCUT2D eigenvalue weighted by molar-refractivity contribution is -0.353. The number of rotatable bonds is 13. The number of hydrogen-bond donors (Lipinski definition) is 3. The summed E-state index contributed by atoms with van der Waals surface area (Å²) in [6.45, 7) is 23.5. The SMILES string of the molecule is C=C(C(=O)[C@H](CC)[C@H]1O[C@]2(C=C[C@H](C#[N+]S(=O)(=O)c3ccc(C)cc3)C3C[C@@](C)([C@H]4CCC(O)(CC)[C@H](C)O4)OC3O2)C(C)C[C@@H]1C)[C@@H](O)[C@H](C)[C@@H]1O[C@@H]([C@@H](CC)C(=O)O)CC[C@@H]1C. The van der Waals surface area contributed by atoms with Crippen LogP contribution in [0.25, 0.3) is 4.25 Å². The number of ether oxygens (including phenoxy) is 5. The van der Waals surface area contributed by atoms with E-state index in [0.29, 0.717) is 51.4 Å². The number of carboxylic acids is 1. The van der Waals surface area contributed by atoms with Crippen LogP contribution in [0.4, 0.5) is 0 Å². The first-order valence-electron chi connectivity index (χ1n) is 23.7. The molecule has 0 bridgehead atoms. The van der Waals surface area contributed by atoms with E-state index in [4.69, 9.17) is 23.7 Å². The van der Waals surface area contributed by atoms with Crippen LogP contribution in [0.5, 0.6) is 0 Å². The molecule has 0 saturated carbocycles. The van der Waals surface area contributed by atoms with E-state index < -0.39 is 105 Å². The van der Waals surface area contributed by atoms with Crippen molar-refractivity contribution in [1.82, 2.24) is 0 Å². The zero-order chi connectivity index (χ0) is 47.1. The second-order valence-electron chi connectivity index (χ2n) is 20.1. The predicted molar refractivity (Wildman–Crippen MR) is 242 cm³/mol. The molecule has 13 nitrogen and oxygen atoms in total. The monoisotopic (exact) mass is 912 g/mol. The average molecular weight is 913 g/mol. The highest BCUT2D eigenvalue weighted by atomic mass is 32.2. The Hall–Kier alpha value is -3.00. The van der Waals surface area contributed by atoms with E-state index in [9.17, 15) is 33.3 Å². The number of fused-ring (bicyclic) bond motifs is 1. The number of carboxylic acid groups (broad SMARTS) is 1. The van der Waals surface area contributed by atoms with Gasteiger partial charge >= 0.3 is 22.1 Å². The number of sulfonamides is 1. The van der Waals surface area contributed by atoms with E-state index in [1.165, 1.54) is 12.1 Å². The topological polar surface area (TPSA) is 179 Å². The molecule has 4 fully saturated rings. The first-order chi connectivity index (χ1) is 30.0. The number of ketones is 1. The van der Waals surface area contributed by atoms with E-state index in [0.717, 1.165) is 12.0 Å². The van der Waals surface area contributed by atoms with Crippen molar-refractivity contribution in [2.45, 2.75) is 192 Å². The van der Waals surface area contributed by atoms with Gasteiger partial charge < -0.3 is 39.0 Å². The van der Waals surface area contributed by atoms with Gasteiger partial charge in [0, 0.05) is 29.2 Å². The molecule has 0 radical (unpaired) electrons. The van der Waals surface area contributed by atoms with Crippen molar-refractivity contribution in [2.75, 3.05) is 0 Å². The standard InChI is InChI=1S/C50H73NO12S/c1-12-37(46(54)55)40-20-17-29(5)44(60-40)33(9)42(52)32(8)43(53)38(13-2)45-30(6)25-31(7)50(61-45)24-21-35(27-51-64(57,58)36-18-15-28(4)16-19-36)39-26-48(11,62-47(39)63-50)41-22-23-49(56,14-3)34(10)59-41/h15-16,18-19,21,24,29-31,33-35,37-42,44-45,47,52,56H,8,12-14,17,20,22-23,25-26H2,1-7,9-11H3/p+1/t29-,30-,31?,33-,34-,35+,37+,38-,39?,40+,41+,42+,44+,45-,47?,48-,49?,50-/m0/s1. The number of aliphatic hydroxyl groups is 2. The summed E-state index contributed by atoms with van der Waals surface area (Å²) in [5.74, 6) is -5.98. The number of carbonyl (C=O) groups is 2. The van der Waals surface area contributed by atoms with Gasteiger partial charge in [0.15, 0.2) is 22.8 Å². The highest BCUT2D eigenvalue weighted by molar-refractivity contribution is 7.93. The molecule has 5 aliphatic heterocycles. The maximum Gasteiger partial charge on any atom is 0.510 e. The van der Waals surface area contributed by atoms with Gasteiger partial charge in [0.05, 0.1) is 58.0 Å². The van der Waals surface area contributed by atoms with Crippen molar-refractivity contribution in [3.63, 3.8) is 0 Å². The molecule has 4 saturated heterocycles. The fourth-order valence-corrected chi connectivity index (χ4v) is 12.1. The third-order valence-corrected chi connectivity index (χ3v) is 16.9. The van der Waals surface area contributed by atoms with Crippen LogP contribution < -0.4 is 0 Å². The Morgan fingerprint density at radius 1 is 0.953 bits per heavy atom. The van der Waals surface area contributed by atoms with Crippen LogP contribution in [0.2, 0.25) is 0 Å². The normalized spacial score (nSPS) is 39.7. The Morgan fingerprint density at radius 3 is 2.23 bits per heavy atom. The van der Waals surface area contributed by atoms with Crippen LogP contribution in [-0.2, 0) is 43.3 Å². The Labute approximate surface area is 381 Å². The summed E-state index contributed by atoms with van der Waals surface area (Å²) in [6, 6.07) is 9.47. The fourth-order valence-electron chi connectivity index (χ4n) is 11.3. The smallest absolute Gasteiger partial charge is 0.481 e. The first kappa shape index (κ1) is 50.4. The van der Waals surface area contributed by atoms with Gasteiger partial charge in [0.2, 0.25) is 0 Å². The third kappa shape index (κ3) is 9.98. The Kier molecular flexibility index (Phi) is 15.5. The molecule has 1 aromatic carbocycles. The van der Waals surface area contributed by atoms with Gasteiger partial charge in [-0.2, -0.15) is 0 Å². The van der Waals surface area contributed by atoms with Crippen LogP contribution in [0, 0.1) is 60.3 Å². The van der Waals surface area contributed by atoms with Crippen molar-refractivity contribution >= 4 is 21.8 Å². The maximum atomic E-state index is 14.6. The fraction of sp³-hybridized carbons (Fsp3) is 0.740. The molecule has 6 rings (SSSR count). The molecule has 18 atom stereocenters. The van der Waals surface area contributed by atoms with E-state index in [2.05, 4.69) is 16.9 Å². The van der Waals surface area contributed by atoms with Crippen LogP contribution >= 0.6 is 0 Å². The van der Waals surface area contributed by atoms with Crippen molar-refractivity contribution in [3.05, 3.63) is 58.4 Å². The van der Waals surface area contributed by atoms with E-state index in [1.807, 2.05) is 81.4 Å². The first-order valence-corrected chi connectivity index (χ1v) is 25.2. The van der Waals surface area contributed by atoms with Crippen molar-refractivity contribution in [3.8, 4) is 6.07 Å². The van der Waals surface area contributed by atoms with Gasteiger partial charge in [0.25, 0.3) is 0 Å². The number of allylic oxidation sites excluding steroid dienone is 1. The molecule has 0 aliphatic carbocycles. The minimum atomic E-state index is -4.10. The number of aliphatic hydroxyl groups excluding tert-OH is 1. The molecule has 4 unspecified atom stereocenters. The minimum absolute atomic E-state index is 0.0317. The zero-order valence-corrected chi connectivity index (χ0v) is 40.4. The summed E-state index contributed by atoms with van der Waals surface area (Å²) >= 11 is 0. The van der Waals surface area contributed by atoms with Crippen molar-refractivity contribution < 1.29 is 57.0 Å². The molecule has 14 heteroatoms.